The summed E-state index contributed by atoms with van der Waals surface area (Å²) >= 11 is 3.56. The summed E-state index contributed by atoms with van der Waals surface area (Å²) in [6, 6.07) is 7.11. The van der Waals surface area contributed by atoms with Crippen molar-refractivity contribution in [3.63, 3.8) is 0 Å². The first-order valence-corrected chi connectivity index (χ1v) is 7.92. The third kappa shape index (κ3) is 3.96. The molecule has 0 aromatic heterocycles. The van der Waals surface area contributed by atoms with Gasteiger partial charge in [-0.05, 0) is 59.4 Å². The van der Waals surface area contributed by atoms with Gasteiger partial charge in [-0.15, -0.1) is 0 Å². The zero-order valence-corrected chi connectivity index (χ0v) is 13.7. The minimum Gasteiger partial charge on any atom is -0.496 e. The summed E-state index contributed by atoms with van der Waals surface area (Å²) in [6.07, 6.45) is 5.47. The van der Waals surface area contributed by atoms with Crippen LogP contribution in [-0.2, 0) is 6.54 Å². The second-order valence-corrected chi connectivity index (χ2v) is 6.66. The molecule has 2 rings (SSSR count). The molecule has 0 amide bonds. The SMILES string of the molecule is COc1ccc(CN(C)C2CCCC(C)C2)cc1Br. The number of hydrogen-bond acceptors (Lipinski definition) is 2. The lowest BCUT2D eigenvalue weighted by atomic mass is 9.86. The van der Waals surface area contributed by atoms with Crippen LogP contribution in [0.25, 0.3) is 0 Å². The van der Waals surface area contributed by atoms with Crippen LogP contribution >= 0.6 is 15.9 Å². The highest BCUT2D eigenvalue weighted by atomic mass is 79.9. The van der Waals surface area contributed by atoms with Gasteiger partial charge in [0.15, 0.2) is 0 Å². The van der Waals surface area contributed by atoms with Gasteiger partial charge in [0.25, 0.3) is 0 Å². The highest BCUT2D eigenvalue weighted by molar-refractivity contribution is 9.10. The van der Waals surface area contributed by atoms with Crippen molar-refractivity contribution in [2.45, 2.75) is 45.2 Å². The van der Waals surface area contributed by atoms with Gasteiger partial charge in [-0.2, -0.15) is 0 Å². The maximum Gasteiger partial charge on any atom is 0.133 e. The zero-order valence-electron chi connectivity index (χ0n) is 12.2. The highest BCUT2D eigenvalue weighted by Crippen LogP contribution is 2.29. The van der Waals surface area contributed by atoms with Crippen LogP contribution in [0, 0.1) is 5.92 Å². The van der Waals surface area contributed by atoms with Crippen LogP contribution in [0.15, 0.2) is 22.7 Å². The third-order valence-corrected chi connectivity index (χ3v) is 4.80. The molecule has 1 fully saturated rings. The van der Waals surface area contributed by atoms with Crippen molar-refractivity contribution in [1.82, 2.24) is 4.90 Å². The molecule has 19 heavy (non-hydrogen) atoms. The summed E-state index contributed by atoms with van der Waals surface area (Å²) in [5, 5.41) is 0. The Hall–Kier alpha value is -0.540. The standard InChI is InChI=1S/C16H24BrNO/c1-12-5-4-6-14(9-12)18(2)11-13-7-8-16(19-3)15(17)10-13/h7-8,10,12,14H,4-6,9,11H2,1-3H3. The van der Waals surface area contributed by atoms with E-state index in [1.165, 1.54) is 31.2 Å². The van der Waals surface area contributed by atoms with Crippen LogP contribution in [-0.4, -0.2) is 25.1 Å². The van der Waals surface area contributed by atoms with Crippen LogP contribution in [0.1, 0.15) is 38.2 Å². The lowest BCUT2D eigenvalue weighted by Crippen LogP contribution is -2.35. The van der Waals surface area contributed by atoms with Crippen molar-refractivity contribution in [1.29, 1.82) is 0 Å². The van der Waals surface area contributed by atoms with Crippen LogP contribution in [0.4, 0.5) is 0 Å². The number of rotatable bonds is 4. The van der Waals surface area contributed by atoms with E-state index in [4.69, 9.17) is 4.74 Å². The van der Waals surface area contributed by atoms with E-state index >= 15 is 0 Å². The lowest BCUT2D eigenvalue weighted by molar-refractivity contribution is 0.157. The lowest BCUT2D eigenvalue weighted by Gasteiger charge is -2.34. The average Bonchev–Trinajstić information content (AvgIpc) is 2.39. The van der Waals surface area contributed by atoms with E-state index in [1.54, 1.807) is 7.11 Å². The van der Waals surface area contributed by atoms with Crippen molar-refractivity contribution in [3.05, 3.63) is 28.2 Å². The van der Waals surface area contributed by atoms with Gasteiger partial charge in [-0.1, -0.05) is 25.8 Å². The topological polar surface area (TPSA) is 12.5 Å². The summed E-state index contributed by atoms with van der Waals surface area (Å²) in [6.45, 7) is 3.39. The smallest absolute Gasteiger partial charge is 0.133 e. The van der Waals surface area contributed by atoms with E-state index in [0.29, 0.717) is 0 Å². The Bertz CT molecular complexity index is 421. The fourth-order valence-electron chi connectivity index (χ4n) is 3.03. The van der Waals surface area contributed by atoms with Gasteiger partial charge >= 0.3 is 0 Å². The normalized spacial score (nSPS) is 23.6. The molecule has 2 atom stereocenters. The molecule has 0 radical (unpaired) electrons. The van der Waals surface area contributed by atoms with Crippen LogP contribution < -0.4 is 4.74 Å². The molecule has 2 nitrogen and oxygen atoms in total. The van der Waals surface area contributed by atoms with Gasteiger partial charge in [0.05, 0.1) is 11.6 Å². The van der Waals surface area contributed by atoms with Crippen LogP contribution in [0.5, 0.6) is 5.75 Å². The molecule has 1 aliphatic carbocycles. The molecule has 0 N–H and O–H groups in total. The molecule has 2 unspecified atom stereocenters. The monoisotopic (exact) mass is 325 g/mol. The molecular weight excluding hydrogens is 302 g/mol. The number of nitrogens with zero attached hydrogens (tertiary/aromatic N) is 1. The van der Waals surface area contributed by atoms with Crippen molar-refractivity contribution in [3.8, 4) is 5.75 Å². The first-order valence-electron chi connectivity index (χ1n) is 7.12. The molecule has 1 saturated carbocycles. The fraction of sp³-hybridized carbons (Fsp3) is 0.625. The molecule has 0 aliphatic heterocycles. The molecular formula is C16H24BrNO. The summed E-state index contributed by atoms with van der Waals surface area (Å²) in [5.41, 5.74) is 1.34. The van der Waals surface area contributed by atoms with Crippen molar-refractivity contribution < 1.29 is 4.74 Å². The van der Waals surface area contributed by atoms with Gasteiger partial charge in [0.1, 0.15) is 5.75 Å². The minimum absolute atomic E-state index is 0.740. The Balaban J connectivity index is 1.98. The second kappa shape index (κ2) is 6.76. The molecule has 0 spiro atoms. The van der Waals surface area contributed by atoms with E-state index in [0.717, 1.165) is 28.7 Å². The van der Waals surface area contributed by atoms with Crippen LogP contribution in [0.2, 0.25) is 0 Å². The molecule has 106 valence electrons. The van der Waals surface area contributed by atoms with E-state index in [9.17, 15) is 0 Å². The summed E-state index contributed by atoms with van der Waals surface area (Å²) < 4.78 is 6.31. The molecule has 1 aromatic rings. The number of methoxy groups -OCH3 is 1. The van der Waals surface area contributed by atoms with Gasteiger partial charge < -0.3 is 4.74 Å². The quantitative estimate of drug-likeness (QED) is 0.809. The summed E-state index contributed by atoms with van der Waals surface area (Å²) in [4.78, 5) is 2.50. The second-order valence-electron chi connectivity index (χ2n) is 5.81. The first-order chi connectivity index (χ1) is 9.10. The minimum atomic E-state index is 0.740. The molecule has 3 heteroatoms. The Morgan fingerprint density at radius 3 is 2.79 bits per heavy atom. The molecule has 1 aromatic carbocycles. The molecule has 0 bridgehead atoms. The number of hydrogen-bond donors (Lipinski definition) is 0. The zero-order chi connectivity index (χ0) is 13.8. The van der Waals surface area contributed by atoms with Crippen molar-refractivity contribution >= 4 is 15.9 Å². The van der Waals surface area contributed by atoms with E-state index in [-0.39, 0.29) is 0 Å². The Kier molecular flexibility index (Phi) is 5.28. The highest BCUT2D eigenvalue weighted by Gasteiger charge is 2.22. The van der Waals surface area contributed by atoms with Crippen molar-refractivity contribution in [2.24, 2.45) is 5.92 Å². The third-order valence-electron chi connectivity index (χ3n) is 4.18. The van der Waals surface area contributed by atoms with E-state index in [1.807, 2.05) is 6.07 Å². The Morgan fingerprint density at radius 2 is 2.16 bits per heavy atom. The molecule has 0 heterocycles. The number of benzene rings is 1. The molecule has 1 aliphatic rings. The predicted octanol–water partition coefficient (Wildman–Crippen LogP) is 4.47. The first kappa shape index (κ1) is 14.9. The average molecular weight is 326 g/mol. The largest absolute Gasteiger partial charge is 0.496 e. The molecule has 0 saturated heterocycles. The van der Waals surface area contributed by atoms with E-state index in [2.05, 4.69) is 46.9 Å². The van der Waals surface area contributed by atoms with Gasteiger partial charge in [0, 0.05) is 12.6 Å². The maximum absolute atomic E-state index is 5.27. The van der Waals surface area contributed by atoms with Gasteiger partial charge in [0.2, 0.25) is 0 Å². The maximum atomic E-state index is 5.27. The van der Waals surface area contributed by atoms with Gasteiger partial charge in [-0.3, -0.25) is 4.90 Å². The van der Waals surface area contributed by atoms with Crippen molar-refractivity contribution in [2.75, 3.05) is 14.2 Å². The fourth-order valence-corrected chi connectivity index (χ4v) is 3.62. The Morgan fingerprint density at radius 1 is 1.37 bits per heavy atom. The van der Waals surface area contributed by atoms with Crippen LogP contribution in [0.3, 0.4) is 0 Å². The predicted molar refractivity (Wildman–Crippen MR) is 83.6 cm³/mol. The van der Waals surface area contributed by atoms with E-state index < -0.39 is 0 Å². The van der Waals surface area contributed by atoms with Gasteiger partial charge in [-0.25, -0.2) is 0 Å². The summed E-state index contributed by atoms with van der Waals surface area (Å²) in [5.74, 6) is 1.78. The summed E-state index contributed by atoms with van der Waals surface area (Å²) in [7, 11) is 3.95. The number of halogens is 1. The Labute approximate surface area is 125 Å². The number of ether oxygens (including phenoxy) is 1.